The van der Waals surface area contributed by atoms with Gasteiger partial charge in [0.15, 0.2) is 5.78 Å². The lowest BCUT2D eigenvalue weighted by molar-refractivity contribution is -0.135. The van der Waals surface area contributed by atoms with Crippen LogP contribution in [0.3, 0.4) is 0 Å². The van der Waals surface area contributed by atoms with E-state index in [1.807, 2.05) is 6.07 Å². The summed E-state index contributed by atoms with van der Waals surface area (Å²) in [6, 6.07) is 8.81. The first-order chi connectivity index (χ1) is 7.59. The van der Waals surface area contributed by atoms with Crippen LogP contribution in [0.15, 0.2) is 42.1 Å². The second kappa shape index (κ2) is 5.70. The minimum Gasteiger partial charge on any atom is -0.480 e. The van der Waals surface area contributed by atoms with Crippen LogP contribution in [0.25, 0.3) is 0 Å². The molecule has 0 bridgehead atoms. The van der Waals surface area contributed by atoms with E-state index in [4.69, 9.17) is 5.11 Å². The van der Waals surface area contributed by atoms with Crippen molar-refractivity contribution in [2.45, 2.75) is 6.92 Å². The lowest BCUT2D eigenvalue weighted by Crippen LogP contribution is -2.21. The second-order valence-corrected chi connectivity index (χ2v) is 3.30. The number of nitrogens with one attached hydrogen (secondary N) is 1. The normalized spacial score (nSPS) is 10.9. The summed E-state index contributed by atoms with van der Waals surface area (Å²) >= 11 is 0. The van der Waals surface area contributed by atoms with Gasteiger partial charge in [-0.05, 0) is 6.92 Å². The first kappa shape index (κ1) is 12.0. The van der Waals surface area contributed by atoms with Gasteiger partial charge in [-0.2, -0.15) is 0 Å². The molecule has 0 amide bonds. The van der Waals surface area contributed by atoms with Crippen LogP contribution in [0, 0.1) is 0 Å². The number of hydrogen-bond acceptors (Lipinski definition) is 3. The molecule has 0 aliphatic rings. The number of carbonyl (C=O) groups excluding carboxylic acids is 1. The number of ketones is 1. The van der Waals surface area contributed by atoms with Gasteiger partial charge in [0.05, 0.1) is 0 Å². The van der Waals surface area contributed by atoms with Gasteiger partial charge >= 0.3 is 5.97 Å². The maximum Gasteiger partial charge on any atom is 0.322 e. The van der Waals surface area contributed by atoms with Crippen LogP contribution < -0.4 is 5.32 Å². The molecule has 0 saturated carbocycles. The largest absolute Gasteiger partial charge is 0.480 e. The topological polar surface area (TPSA) is 66.4 Å². The Labute approximate surface area is 93.6 Å². The summed E-state index contributed by atoms with van der Waals surface area (Å²) in [5, 5.41) is 11.1. The number of carboxylic acid groups (broad SMARTS) is 1. The highest BCUT2D eigenvalue weighted by Crippen LogP contribution is 2.02. The minimum atomic E-state index is -0.958. The van der Waals surface area contributed by atoms with Gasteiger partial charge in [-0.25, -0.2) is 0 Å². The molecule has 0 radical (unpaired) electrons. The Kier molecular flexibility index (Phi) is 4.27. The first-order valence-electron chi connectivity index (χ1n) is 4.83. The van der Waals surface area contributed by atoms with Gasteiger partial charge in [-0.15, -0.1) is 0 Å². The van der Waals surface area contributed by atoms with E-state index in [1.54, 1.807) is 31.2 Å². The van der Waals surface area contributed by atoms with Crippen molar-refractivity contribution in [3.05, 3.63) is 47.7 Å². The quantitative estimate of drug-likeness (QED) is 0.581. The van der Waals surface area contributed by atoms with Crippen molar-refractivity contribution in [1.82, 2.24) is 5.32 Å². The fraction of sp³-hybridized carbons (Fsp3) is 0.167. The predicted molar refractivity (Wildman–Crippen MR) is 60.2 cm³/mol. The molecule has 0 fully saturated rings. The van der Waals surface area contributed by atoms with E-state index in [9.17, 15) is 9.59 Å². The Bertz CT molecular complexity index is 410. The molecule has 1 aromatic rings. The van der Waals surface area contributed by atoms with Crippen LogP contribution in [0.1, 0.15) is 17.3 Å². The zero-order valence-electron chi connectivity index (χ0n) is 8.93. The Morgan fingerprint density at radius 2 is 1.94 bits per heavy atom. The smallest absolute Gasteiger partial charge is 0.322 e. The molecule has 0 atom stereocenters. The summed E-state index contributed by atoms with van der Waals surface area (Å²) in [6.07, 6.45) is 1.39. The highest BCUT2D eigenvalue weighted by molar-refractivity contribution is 6.04. The molecule has 0 aliphatic heterocycles. The number of rotatable bonds is 5. The van der Waals surface area contributed by atoms with Crippen LogP contribution in [0.5, 0.6) is 0 Å². The van der Waals surface area contributed by atoms with Gasteiger partial charge in [-0.1, -0.05) is 30.3 Å². The third-order valence-corrected chi connectivity index (χ3v) is 1.92. The number of benzene rings is 1. The molecule has 0 aromatic heterocycles. The zero-order valence-corrected chi connectivity index (χ0v) is 8.93. The van der Waals surface area contributed by atoms with Crippen LogP contribution in [0.4, 0.5) is 0 Å². The number of aliphatic carboxylic acids is 1. The van der Waals surface area contributed by atoms with E-state index in [1.165, 1.54) is 6.08 Å². The summed E-state index contributed by atoms with van der Waals surface area (Å²) in [7, 11) is 0. The van der Waals surface area contributed by atoms with Crippen LogP contribution in [-0.4, -0.2) is 23.4 Å². The molecule has 1 rings (SSSR count). The van der Waals surface area contributed by atoms with Crippen LogP contribution in [-0.2, 0) is 4.79 Å². The molecule has 0 aliphatic carbocycles. The van der Waals surface area contributed by atoms with Crippen molar-refractivity contribution in [3.63, 3.8) is 0 Å². The molecule has 2 N–H and O–H groups in total. The third kappa shape index (κ3) is 3.96. The fourth-order valence-electron chi connectivity index (χ4n) is 1.15. The molecular weight excluding hydrogens is 206 g/mol. The summed E-state index contributed by atoms with van der Waals surface area (Å²) in [5.41, 5.74) is 1.12. The van der Waals surface area contributed by atoms with Crippen molar-refractivity contribution >= 4 is 11.8 Å². The van der Waals surface area contributed by atoms with Gasteiger partial charge in [0.25, 0.3) is 0 Å². The van der Waals surface area contributed by atoms with Gasteiger partial charge in [0.2, 0.25) is 0 Å². The SMILES string of the molecule is CC(=CC(=O)c1ccccc1)NCC(=O)O. The molecule has 0 spiro atoms. The number of allylic oxidation sites excluding steroid dienone is 2. The Morgan fingerprint density at radius 3 is 2.50 bits per heavy atom. The summed E-state index contributed by atoms with van der Waals surface area (Å²) in [5.74, 6) is -1.10. The summed E-state index contributed by atoms with van der Waals surface area (Å²) < 4.78 is 0. The third-order valence-electron chi connectivity index (χ3n) is 1.92. The van der Waals surface area contributed by atoms with Crippen molar-refractivity contribution < 1.29 is 14.7 Å². The standard InChI is InChI=1S/C12H13NO3/c1-9(13-8-12(15)16)7-11(14)10-5-3-2-4-6-10/h2-7,13H,8H2,1H3,(H,15,16). The summed E-state index contributed by atoms with van der Waals surface area (Å²) in [6.45, 7) is 1.47. The van der Waals surface area contributed by atoms with Gasteiger partial charge in [-0.3, -0.25) is 9.59 Å². The van der Waals surface area contributed by atoms with Crippen molar-refractivity contribution in [1.29, 1.82) is 0 Å². The monoisotopic (exact) mass is 219 g/mol. The maximum absolute atomic E-state index is 11.6. The van der Waals surface area contributed by atoms with E-state index in [0.29, 0.717) is 11.3 Å². The molecule has 16 heavy (non-hydrogen) atoms. The molecule has 0 heterocycles. The van der Waals surface area contributed by atoms with E-state index < -0.39 is 5.97 Å². The number of carboxylic acids is 1. The molecule has 4 heteroatoms. The number of carbonyl (C=O) groups is 2. The number of hydrogen-bond donors (Lipinski definition) is 2. The Hall–Kier alpha value is -2.10. The van der Waals surface area contributed by atoms with E-state index >= 15 is 0 Å². The molecule has 1 aromatic carbocycles. The van der Waals surface area contributed by atoms with Crippen molar-refractivity contribution in [3.8, 4) is 0 Å². The predicted octanol–water partition coefficient (Wildman–Crippen LogP) is 1.45. The zero-order chi connectivity index (χ0) is 12.0. The lowest BCUT2D eigenvalue weighted by atomic mass is 10.1. The Balaban J connectivity index is 2.62. The van der Waals surface area contributed by atoms with Crippen LogP contribution in [0.2, 0.25) is 0 Å². The first-order valence-corrected chi connectivity index (χ1v) is 4.83. The van der Waals surface area contributed by atoms with Crippen molar-refractivity contribution in [2.24, 2.45) is 0 Å². The van der Waals surface area contributed by atoms with Gasteiger partial charge in [0, 0.05) is 17.3 Å². The van der Waals surface area contributed by atoms with Crippen molar-refractivity contribution in [2.75, 3.05) is 6.54 Å². The molecule has 84 valence electrons. The molecular formula is C12H13NO3. The highest BCUT2D eigenvalue weighted by Gasteiger charge is 2.02. The van der Waals surface area contributed by atoms with Gasteiger partial charge < -0.3 is 10.4 Å². The highest BCUT2D eigenvalue weighted by atomic mass is 16.4. The second-order valence-electron chi connectivity index (χ2n) is 3.30. The fourth-order valence-corrected chi connectivity index (χ4v) is 1.15. The maximum atomic E-state index is 11.6. The van der Waals surface area contributed by atoms with E-state index in [-0.39, 0.29) is 12.3 Å². The Morgan fingerprint density at radius 1 is 1.31 bits per heavy atom. The van der Waals surface area contributed by atoms with E-state index in [2.05, 4.69) is 5.32 Å². The lowest BCUT2D eigenvalue weighted by Gasteiger charge is -2.02. The van der Waals surface area contributed by atoms with E-state index in [0.717, 1.165) is 0 Å². The minimum absolute atomic E-state index is 0.143. The van der Waals surface area contributed by atoms with Gasteiger partial charge in [0.1, 0.15) is 6.54 Å². The van der Waals surface area contributed by atoms with Crippen LogP contribution >= 0.6 is 0 Å². The average molecular weight is 219 g/mol. The molecule has 4 nitrogen and oxygen atoms in total. The average Bonchev–Trinajstić information content (AvgIpc) is 2.27. The summed E-state index contributed by atoms with van der Waals surface area (Å²) in [4.78, 5) is 21.9. The molecule has 0 saturated heterocycles. The molecule has 0 unspecified atom stereocenters.